The summed E-state index contributed by atoms with van der Waals surface area (Å²) in [4.78, 5) is 41.9. The Bertz CT molecular complexity index is 1090. The average Bonchev–Trinajstić information content (AvgIpc) is 3.77. The van der Waals surface area contributed by atoms with Crippen LogP contribution in [0.3, 0.4) is 0 Å². The van der Waals surface area contributed by atoms with E-state index in [1.807, 2.05) is 14.0 Å². The van der Waals surface area contributed by atoms with Crippen molar-refractivity contribution in [3.8, 4) is 0 Å². The summed E-state index contributed by atoms with van der Waals surface area (Å²) in [5.41, 5.74) is -1.98. The lowest BCUT2D eigenvalue weighted by atomic mass is 9.60. The summed E-state index contributed by atoms with van der Waals surface area (Å²) in [5, 5.41) is 31.2. The SMILES string of the molecule is CNCNC1CC(CCC(C)=C(CO)C[C@@]23O[C@]2(C(=O)OC[C@H](O)CCC2CCCCC2)C(=O)C2CCCCC2C3=O)CCN1. The maximum atomic E-state index is 14.1. The molecule has 0 aromatic carbocycles. The van der Waals surface area contributed by atoms with Gasteiger partial charge in [0.05, 0.1) is 18.9 Å². The van der Waals surface area contributed by atoms with Crippen LogP contribution in [-0.2, 0) is 23.9 Å². The van der Waals surface area contributed by atoms with Crippen LogP contribution in [0.4, 0.5) is 0 Å². The van der Waals surface area contributed by atoms with Gasteiger partial charge in [0.15, 0.2) is 17.2 Å². The smallest absolute Gasteiger partial charge is 0.350 e. The van der Waals surface area contributed by atoms with Crippen molar-refractivity contribution in [1.82, 2.24) is 16.0 Å². The van der Waals surface area contributed by atoms with Gasteiger partial charge in [-0.1, -0.05) is 50.5 Å². The van der Waals surface area contributed by atoms with E-state index in [1.165, 1.54) is 32.1 Å². The first kappa shape index (κ1) is 34.6. The Hall–Kier alpha value is -1.69. The molecule has 10 heteroatoms. The second-order valence-electron chi connectivity index (χ2n) is 14.6. The molecule has 2 saturated heterocycles. The number of fused-ring (bicyclic) bond motifs is 2. The van der Waals surface area contributed by atoms with E-state index in [1.54, 1.807) is 0 Å². The van der Waals surface area contributed by atoms with Crippen molar-refractivity contribution in [3.63, 3.8) is 0 Å². The van der Waals surface area contributed by atoms with Crippen LogP contribution in [0.5, 0.6) is 0 Å². The van der Waals surface area contributed by atoms with Crippen LogP contribution in [0.25, 0.3) is 0 Å². The zero-order chi connectivity index (χ0) is 32.0. The van der Waals surface area contributed by atoms with E-state index in [-0.39, 0.29) is 37.4 Å². The van der Waals surface area contributed by atoms with Gasteiger partial charge in [0.1, 0.15) is 6.61 Å². The Morgan fingerprint density at radius 1 is 1.02 bits per heavy atom. The van der Waals surface area contributed by atoms with Crippen molar-refractivity contribution in [3.05, 3.63) is 11.1 Å². The van der Waals surface area contributed by atoms with Gasteiger partial charge >= 0.3 is 5.97 Å². The molecular formula is C35H57N3O7. The minimum atomic E-state index is -1.98. The van der Waals surface area contributed by atoms with Crippen molar-refractivity contribution < 1.29 is 34.1 Å². The minimum Gasteiger partial charge on any atom is -0.460 e. The number of allylic oxidation sites excluding steroid dienone is 1. The molecule has 0 radical (unpaired) electrons. The Balaban J connectivity index is 1.26. The highest BCUT2D eigenvalue weighted by atomic mass is 16.7. The van der Waals surface area contributed by atoms with Crippen LogP contribution in [0.1, 0.15) is 110 Å². The zero-order valence-electron chi connectivity index (χ0n) is 27.5. The van der Waals surface area contributed by atoms with Gasteiger partial charge in [-0.15, -0.1) is 0 Å². The fourth-order valence-electron chi connectivity index (χ4n) is 8.72. The third kappa shape index (κ3) is 7.41. The van der Waals surface area contributed by atoms with Crippen LogP contribution < -0.4 is 16.0 Å². The maximum absolute atomic E-state index is 14.1. The first-order valence-electron chi connectivity index (χ1n) is 17.8. The molecule has 254 valence electrons. The molecule has 5 fully saturated rings. The number of piperidine rings is 1. The lowest BCUT2D eigenvalue weighted by Gasteiger charge is -2.37. The highest BCUT2D eigenvalue weighted by molar-refractivity contribution is 6.23. The average molecular weight is 632 g/mol. The van der Waals surface area contributed by atoms with Gasteiger partial charge < -0.3 is 30.3 Å². The molecule has 5 rings (SSSR count). The molecule has 5 aliphatic rings. The largest absolute Gasteiger partial charge is 0.460 e. The van der Waals surface area contributed by atoms with Crippen molar-refractivity contribution in [2.45, 2.75) is 133 Å². The van der Waals surface area contributed by atoms with Crippen LogP contribution in [0, 0.1) is 23.7 Å². The molecule has 0 aromatic heterocycles. The number of esters is 1. The van der Waals surface area contributed by atoms with E-state index in [9.17, 15) is 24.6 Å². The normalized spacial score (nSPS) is 34.8. The molecule has 2 heterocycles. The Labute approximate surface area is 268 Å². The van der Waals surface area contributed by atoms with Crippen LogP contribution >= 0.6 is 0 Å². The van der Waals surface area contributed by atoms with Gasteiger partial charge in [0.2, 0.25) is 0 Å². The lowest BCUT2D eigenvalue weighted by molar-refractivity contribution is -0.161. The number of aliphatic hydroxyl groups excluding tert-OH is 2. The standard InChI is InChI=1S/C35H57N3O7/c1-23(12-13-25-16-17-37-30(18-25)38-22-36-2)26(20-39)19-34-31(41)28-10-6-7-11-29(28)32(42)35(34,45-34)33(43)44-21-27(40)15-14-24-8-4-3-5-9-24/h24-25,27-30,36-40H,3-22H2,1-2H3/t25?,27-,28?,29?,30?,34+,35+/m1/s1. The number of hydrogen-bond donors (Lipinski definition) is 5. The summed E-state index contributed by atoms with van der Waals surface area (Å²) in [6.07, 6.45) is 13.6. The monoisotopic (exact) mass is 631 g/mol. The summed E-state index contributed by atoms with van der Waals surface area (Å²) < 4.78 is 11.7. The molecule has 10 nitrogen and oxygen atoms in total. The molecule has 45 heavy (non-hydrogen) atoms. The molecule has 4 unspecified atom stereocenters. The molecular weight excluding hydrogens is 574 g/mol. The van der Waals surface area contributed by atoms with Crippen LogP contribution in [0.2, 0.25) is 0 Å². The fraction of sp³-hybridized carbons (Fsp3) is 0.857. The van der Waals surface area contributed by atoms with E-state index >= 15 is 0 Å². The van der Waals surface area contributed by atoms with E-state index < -0.39 is 35.1 Å². The minimum absolute atomic E-state index is 0.0149. The third-order valence-corrected chi connectivity index (χ3v) is 11.6. The van der Waals surface area contributed by atoms with Gasteiger partial charge in [-0.05, 0) is 89.3 Å². The zero-order valence-corrected chi connectivity index (χ0v) is 27.5. The van der Waals surface area contributed by atoms with Crippen molar-refractivity contribution in [2.24, 2.45) is 23.7 Å². The van der Waals surface area contributed by atoms with Crippen molar-refractivity contribution >= 4 is 17.5 Å². The van der Waals surface area contributed by atoms with Gasteiger partial charge in [0, 0.05) is 24.9 Å². The maximum Gasteiger partial charge on any atom is 0.350 e. The number of carbonyl (C=O) groups excluding carboxylic acids is 3. The number of Topliss-reactive ketones (excluding diaryl/α,β-unsaturated/α-hetero) is 2. The number of nitrogens with one attached hydrogen (secondary N) is 3. The number of ketones is 2. The Morgan fingerprint density at radius 2 is 1.73 bits per heavy atom. The second kappa shape index (κ2) is 15.5. The third-order valence-electron chi connectivity index (χ3n) is 11.6. The first-order chi connectivity index (χ1) is 21.8. The predicted octanol–water partition coefficient (Wildman–Crippen LogP) is 3.29. The summed E-state index contributed by atoms with van der Waals surface area (Å²) in [6.45, 7) is 3.17. The van der Waals surface area contributed by atoms with E-state index in [0.717, 1.165) is 63.7 Å². The predicted molar refractivity (Wildman–Crippen MR) is 170 cm³/mol. The Morgan fingerprint density at radius 3 is 2.44 bits per heavy atom. The Kier molecular flexibility index (Phi) is 11.9. The fourth-order valence-corrected chi connectivity index (χ4v) is 8.72. The number of epoxide rings is 1. The molecule has 0 amide bonds. The van der Waals surface area contributed by atoms with E-state index in [4.69, 9.17) is 9.47 Å². The first-order valence-corrected chi connectivity index (χ1v) is 17.8. The quantitative estimate of drug-likeness (QED) is 0.0599. The summed E-state index contributed by atoms with van der Waals surface area (Å²) in [7, 11) is 1.91. The molecule has 2 aliphatic heterocycles. The van der Waals surface area contributed by atoms with Gasteiger partial charge in [0.25, 0.3) is 5.60 Å². The van der Waals surface area contributed by atoms with Crippen molar-refractivity contribution in [2.75, 3.05) is 33.5 Å². The number of rotatable bonds is 15. The van der Waals surface area contributed by atoms with E-state index in [2.05, 4.69) is 16.0 Å². The molecule has 5 N–H and O–H groups in total. The van der Waals surface area contributed by atoms with Gasteiger partial charge in [-0.2, -0.15) is 0 Å². The lowest BCUT2D eigenvalue weighted by Crippen LogP contribution is -2.58. The topological polar surface area (TPSA) is 150 Å². The van der Waals surface area contributed by atoms with Crippen LogP contribution in [0.15, 0.2) is 11.1 Å². The summed E-state index contributed by atoms with van der Waals surface area (Å²) in [6, 6.07) is 0. The molecule has 3 saturated carbocycles. The van der Waals surface area contributed by atoms with Gasteiger partial charge in [-0.25, -0.2) is 4.79 Å². The second-order valence-corrected chi connectivity index (χ2v) is 14.6. The molecule has 0 spiro atoms. The number of aliphatic hydroxyl groups is 2. The number of hydrogen-bond acceptors (Lipinski definition) is 10. The number of ether oxygens (including phenoxy) is 2. The van der Waals surface area contributed by atoms with Crippen LogP contribution in [-0.4, -0.2) is 84.7 Å². The summed E-state index contributed by atoms with van der Waals surface area (Å²) >= 11 is 0. The number of carbonyl (C=O) groups is 3. The molecule has 3 aliphatic carbocycles. The molecule has 7 atom stereocenters. The molecule has 0 bridgehead atoms. The summed E-state index contributed by atoms with van der Waals surface area (Å²) in [5.74, 6) is -1.29. The highest BCUT2D eigenvalue weighted by Crippen LogP contribution is 2.62. The van der Waals surface area contributed by atoms with Gasteiger partial charge in [-0.3, -0.25) is 14.9 Å². The van der Waals surface area contributed by atoms with E-state index in [0.29, 0.717) is 36.7 Å². The van der Waals surface area contributed by atoms with Crippen molar-refractivity contribution in [1.29, 1.82) is 0 Å². The molecule has 0 aromatic rings. The highest BCUT2D eigenvalue weighted by Gasteiger charge is 2.87.